The van der Waals surface area contributed by atoms with Crippen LogP contribution in [0.1, 0.15) is 19.4 Å². The van der Waals surface area contributed by atoms with Crippen molar-refractivity contribution in [2.45, 2.75) is 20.8 Å². The second-order valence-corrected chi connectivity index (χ2v) is 13.0. The summed E-state index contributed by atoms with van der Waals surface area (Å²) in [5, 5.41) is 2.12. The predicted octanol–water partition coefficient (Wildman–Crippen LogP) is 6.85. The van der Waals surface area contributed by atoms with E-state index in [2.05, 4.69) is 54.0 Å². The first-order chi connectivity index (χ1) is 11.9. The highest BCUT2D eigenvalue weighted by atomic mass is 79.9. The van der Waals surface area contributed by atoms with Gasteiger partial charge in [-0.05, 0) is 55.5 Å². The van der Waals surface area contributed by atoms with Crippen LogP contribution in [-0.4, -0.2) is 17.3 Å². The lowest BCUT2D eigenvalue weighted by Gasteiger charge is -2.22. The van der Waals surface area contributed by atoms with E-state index in [-0.39, 0.29) is 0 Å². The van der Waals surface area contributed by atoms with Gasteiger partial charge in [0.2, 0.25) is 0 Å². The topological polar surface area (TPSA) is 31.4 Å². The molecule has 1 aromatic heterocycles. The van der Waals surface area contributed by atoms with Gasteiger partial charge in [0.1, 0.15) is 5.52 Å². The first-order valence-corrected chi connectivity index (χ1v) is 13.1. The number of benzene rings is 2. The summed E-state index contributed by atoms with van der Waals surface area (Å²) >= 11 is 10.8. The zero-order valence-corrected chi connectivity index (χ0v) is 18.4. The number of pyridine rings is 1. The zero-order valence-electron chi connectivity index (χ0n) is 14.3. The molecule has 0 bridgehead atoms. The maximum absolute atomic E-state index is 6.23. The molecule has 3 nitrogen and oxygen atoms in total. The standard InChI is InChI=1S/C18H19BrNO2PS2/c1-4-21-23(24,25-5-2)22-17-11-15(19)10-14-9-13-7-6-12(3)8-16(13)20-18(14)17/h6-11H,4-5H2,1-3H3. The lowest BCUT2D eigenvalue weighted by Crippen LogP contribution is -1.97. The smallest absolute Gasteiger partial charge is 0.297 e. The Morgan fingerprint density at radius 2 is 1.96 bits per heavy atom. The molecule has 0 aliphatic carbocycles. The van der Waals surface area contributed by atoms with Crippen LogP contribution in [0.4, 0.5) is 0 Å². The van der Waals surface area contributed by atoms with Crippen molar-refractivity contribution in [2.24, 2.45) is 0 Å². The van der Waals surface area contributed by atoms with Crippen LogP contribution in [0, 0.1) is 6.92 Å². The molecule has 3 rings (SSSR count). The van der Waals surface area contributed by atoms with Gasteiger partial charge < -0.3 is 9.05 Å². The van der Waals surface area contributed by atoms with Crippen molar-refractivity contribution in [1.82, 2.24) is 4.98 Å². The zero-order chi connectivity index (χ0) is 18.0. The molecule has 1 unspecified atom stereocenters. The van der Waals surface area contributed by atoms with Gasteiger partial charge >= 0.3 is 0 Å². The molecule has 7 heteroatoms. The Hall–Kier alpha value is -0.650. The van der Waals surface area contributed by atoms with Crippen LogP contribution in [0.15, 0.2) is 40.9 Å². The van der Waals surface area contributed by atoms with Crippen molar-refractivity contribution >= 4 is 66.6 Å². The fraction of sp³-hybridized carbons (Fsp3) is 0.278. The molecule has 0 spiro atoms. The second-order valence-electron chi connectivity index (χ2n) is 5.53. The van der Waals surface area contributed by atoms with E-state index in [0.717, 1.165) is 32.0 Å². The summed E-state index contributed by atoms with van der Waals surface area (Å²) in [6.07, 6.45) is 0. The van der Waals surface area contributed by atoms with Gasteiger partial charge in [-0.2, -0.15) is 0 Å². The van der Waals surface area contributed by atoms with Crippen molar-refractivity contribution in [3.05, 3.63) is 46.4 Å². The van der Waals surface area contributed by atoms with Crippen LogP contribution in [-0.2, 0) is 16.3 Å². The minimum absolute atomic E-state index is 0.533. The van der Waals surface area contributed by atoms with E-state index in [1.807, 2.05) is 19.1 Å². The van der Waals surface area contributed by atoms with Crippen LogP contribution in [0.3, 0.4) is 0 Å². The molecular formula is C18H19BrNO2PS2. The van der Waals surface area contributed by atoms with Crippen LogP contribution in [0.5, 0.6) is 5.75 Å². The van der Waals surface area contributed by atoms with E-state index in [0.29, 0.717) is 12.4 Å². The molecule has 1 atom stereocenters. The van der Waals surface area contributed by atoms with Gasteiger partial charge in [-0.1, -0.05) is 46.4 Å². The third-order valence-electron chi connectivity index (χ3n) is 3.58. The third-order valence-corrected chi connectivity index (χ3v) is 9.36. The van der Waals surface area contributed by atoms with Crippen molar-refractivity contribution < 1.29 is 9.05 Å². The number of fused-ring (bicyclic) bond motifs is 2. The molecule has 0 aliphatic heterocycles. The molecule has 0 radical (unpaired) electrons. The summed E-state index contributed by atoms with van der Waals surface area (Å²) in [5.41, 5.74) is 0.498. The molecule has 0 saturated carbocycles. The highest BCUT2D eigenvalue weighted by Gasteiger charge is 2.22. The van der Waals surface area contributed by atoms with Crippen molar-refractivity contribution in [3.63, 3.8) is 0 Å². The third kappa shape index (κ3) is 4.37. The van der Waals surface area contributed by atoms with E-state index < -0.39 is 5.69 Å². The van der Waals surface area contributed by atoms with Gasteiger partial charge in [-0.25, -0.2) is 4.98 Å². The lowest BCUT2D eigenvalue weighted by molar-refractivity contribution is 0.345. The first-order valence-electron chi connectivity index (χ1n) is 8.03. The van der Waals surface area contributed by atoms with Crippen molar-refractivity contribution in [1.29, 1.82) is 0 Å². The summed E-state index contributed by atoms with van der Waals surface area (Å²) in [4.78, 5) is 4.84. The second kappa shape index (κ2) is 7.93. The number of hydrogen-bond acceptors (Lipinski definition) is 5. The Balaban J connectivity index is 2.17. The SMILES string of the molecule is CCOP(=S)(Oc1cc(Br)cc2cc3ccc(C)cc3nc12)SCC. The van der Waals surface area contributed by atoms with E-state index in [9.17, 15) is 0 Å². The quantitative estimate of drug-likeness (QED) is 0.299. The number of aryl methyl sites for hydroxylation is 1. The Morgan fingerprint density at radius 1 is 1.16 bits per heavy atom. The predicted molar refractivity (Wildman–Crippen MR) is 116 cm³/mol. The molecule has 0 aliphatic rings. The number of rotatable bonds is 6. The molecule has 0 N–H and O–H groups in total. The minimum atomic E-state index is -2.45. The largest absolute Gasteiger partial charge is 0.434 e. The summed E-state index contributed by atoms with van der Waals surface area (Å²) in [7, 11) is 0. The first kappa shape index (κ1) is 19.1. The Kier molecular flexibility index (Phi) is 6.07. The van der Waals surface area contributed by atoms with Gasteiger partial charge in [0.25, 0.3) is 5.69 Å². The summed E-state index contributed by atoms with van der Waals surface area (Å²) < 4.78 is 13.0. The van der Waals surface area contributed by atoms with Crippen LogP contribution >= 0.6 is 33.0 Å². The van der Waals surface area contributed by atoms with E-state index in [4.69, 9.17) is 25.8 Å². The lowest BCUT2D eigenvalue weighted by atomic mass is 10.1. The molecule has 25 heavy (non-hydrogen) atoms. The molecule has 132 valence electrons. The Bertz CT molecular complexity index is 970. The van der Waals surface area contributed by atoms with Crippen LogP contribution in [0.2, 0.25) is 0 Å². The number of aromatic nitrogens is 1. The van der Waals surface area contributed by atoms with Crippen molar-refractivity contribution in [3.8, 4) is 5.75 Å². The number of nitrogens with zero attached hydrogens (tertiary/aromatic N) is 1. The van der Waals surface area contributed by atoms with E-state index in [1.54, 1.807) is 11.4 Å². The fourth-order valence-corrected chi connectivity index (χ4v) is 7.62. The molecule has 1 heterocycles. The molecule has 0 fully saturated rings. The normalized spacial score (nSPS) is 13.9. The van der Waals surface area contributed by atoms with Gasteiger partial charge in [0.15, 0.2) is 5.75 Å². The van der Waals surface area contributed by atoms with Crippen molar-refractivity contribution in [2.75, 3.05) is 12.4 Å². The fourth-order valence-electron chi connectivity index (χ4n) is 2.58. The average Bonchev–Trinajstić information content (AvgIpc) is 2.53. The number of hydrogen-bond donors (Lipinski definition) is 0. The molecular weight excluding hydrogens is 437 g/mol. The summed E-state index contributed by atoms with van der Waals surface area (Å²) in [5.74, 6) is 1.52. The molecule has 0 amide bonds. The highest BCUT2D eigenvalue weighted by Crippen LogP contribution is 2.61. The monoisotopic (exact) mass is 455 g/mol. The van der Waals surface area contributed by atoms with Gasteiger partial charge in [-0.3, -0.25) is 0 Å². The van der Waals surface area contributed by atoms with Crippen LogP contribution in [0.25, 0.3) is 21.8 Å². The summed E-state index contributed by atoms with van der Waals surface area (Å²) in [6.45, 7) is 6.60. The minimum Gasteiger partial charge on any atom is -0.434 e. The molecule has 3 aromatic rings. The summed E-state index contributed by atoms with van der Waals surface area (Å²) in [6, 6.07) is 12.4. The maximum atomic E-state index is 6.23. The van der Waals surface area contributed by atoms with E-state index in [1.165, 1.54) is 5.56 Å². The Morgan fingerprint density at radius 3 is 2.68 bits per heavy atom. The highest BCUT2D eigenvalue weighted by molar-refractivity contribution is 9.10. The molecule has 0 saturated heterocycles. The number of halogens is 1. The molecule has 2 aromatic carbocycles. The van der Waals surface area contributed by atoms with Gasteiger partial charge in [0.05, 0.1) is 12.1 Å². The maximum Gasteiger partial charge on any atom is 0.297 e. The van der Waals surface area contributed by atoms with Gasteiger partial charge in [-0.15, -0.1) is 0 Å². The van der Waals surface area contributed by atoms with E-state index >= 15 is 0 Å². The average molecular weight is 456 g/mol. The van der Waals surface area contributed by atoms with Gasteiger partial charge in [0, 0.05) is 21.0 Å². The van der Waals surface area contributed by atoms with Crippen LogP contribution < -0.4 is 4.52 Å². The Labute approximate surface area is 165 Å².